The predicted octanol–water partition coefficient (Wildman–Crippen LogP) is 0.873. The summed E-state index contributed by atoms with van der Waals surface area (Å²) < 4.78 is 0. The van der Waals surface area contributed by atoms with Crippen LogP contribution in [-0.2, 0) is 9.59 Å². The van der Waals surface area contributed by atoms with E-state index in [2.05, 4.69) is 5.32 Å². The molecule has 88 valence electrons. The Hall–Kier alpha value is -1.06. The lowest BCUT2D eigenvalue weighted by Gasteiger charge is -2.19. The van der Waals surface area contributed by atoms with E-state index in [0.717, 1.165) is 0 Å². The molecule has 2 amide bonds. The highest BCUT2D eigenvalue weighted by Gasteiger charge is 2.15. The third kappa shape index (κ3) is 6.10. The van der Waals surface area contributed by atoms with E-state index in [1.165, 1.54) is 4.90 Å². The molecule has 0 saturated heterocycles. The van der Waals surface area contributed by atoms with Crippen molar-refractivity contribution in [1.29, 1.82) is 0 Å². The van der Waals surface area contributed by atoms with E-state index in [-0.39, 0.29) is 24.3 Å². The summed E-state index contributed by atoms with van der Waals surface area (Å²) in [6, 6.07) is 0. The molecule has 0 aliphatic heterocycles. The molecule has 1 N–H and O–H groups in total. The van der Waals surface area contributed by atoms with E-state index in [0.29, 0.717) is 12.5 Å². The zero-order valence-corrected chi connectivity index (χ0v) is 10.3. The molecule has 0 spiro atoms. The van der Waals surface area contributed by atoms with Crippen LogP contribution < -0.4 is 5.32 Å². The van der Waals surface area contributed by atoms with Crippen LogP contribution in [0.2, 0.25) is 0 Å². The fraction of sp³-hybridized carbons (Fsp3) is 0.818. The normalized spacial score (nSPS) is 10.6. The van der Waals surface area contributed by atoms with Crippen LogP contribution in [-0.4, -0.2) is 36.9 Å². The Kier molecular flexibility index (Phi) is 5.97. The summed E-state index contributed by atoms with van der Waals surface area (Å²) in [6.07, 6.45) is 0. The van der Waals surface area contributed by atoms with Gasteiger partial charge in [-0.1, -0.05) is 27.7 Å². The SMILES string of the molecule is CC(C)CNC(=O)CN(C)C(=O)C(C)C. The average Bonchev–Trinajstić information content (AvgIpc) is 2.13. The molecule has 0 atom stereocenters. The number of hydrogen-bond acceptors (Lipinski definition) is 2. The monoisotopic (exact) mass is 214 g/mol. The van der Waals surface area contributed by atoms with Gasteiger partial charge in [-0.05, 0) is 5.92 Å². The van der Waals surface area contributed by atoms with Crippen molar-refractivity contribution in [1.82, 2.24) is 10.2 Å². The summed E-state index contributed by atoms with van der Waals surface area (Å²) in [7, 11) is 1.65. The zero-order chi connectivity index (χ0) is 12.0. The highest BCUT2D eigenvalue weighted by atomic mass is 16.2. The summed E-state index contributed by atoms with van der Waals surface area (Å²) in [5.74, 6) is 0.267. The van der Waals surface area contributed by atoms with Crippen molar-refractivity contribution in [2.24, 2.45) is 11.8 Å². The van der Waals surface area contributed by atoms with Crippen molar-refractivity contribution in [3.63, 3.8) is 0 Å². The van der Waals surface area contributed by atoms with Gasteiger partial charge in [-0.15, -0.1) is 0 Å². The Labute approximate surface area is 92.0 Å². The van der Waals surface area contributed by atoms with E-state index in [4.69, 9.17) is 0 Å². The Morgan fingerprint density at radius 1 is 1.20 bits per heavy atom. The molecule has 4 heteroatoms. The van der Waals surface area contributed by atoms with Crippen molar-refractivity contribution in [2.45, 2.75) is 27.7 Å². The lowest BCUT2D eigenvalue weighted by molar-refractivity contribution is -0.137. The summed E-state index contributed by atoms with van der Waals surface area (Å²) in [5.41, 5.74) is 0. The standard InChI is InChI=1S/C11H22N2O2/c1-8(2)6-12-10(14)7-13(5)11(15)9(3)4/h8-9H,6-7H2,1-5H3,(H,12,14). The van der Waals surface area contributed by atoms with Gasteiger partial charge in [0, 0.05) is 19.5 Å². The van der Waals surface area contributed by atoms with Crippen molar-refractivity contribution >= 4 is 11.8 Å². The Morgan fingerprint density at radius 3 is 2.13 bits per heavy atom. The topological polar surface area (TPSA) is 49.4 Å². The van der Waals surface area contributed by atoms with Crippen LogP contribution in [0.5, 0.6) is 0 Å². The maximum atomic E-state index is 11.5. The van der Waals surface area contributed by atoms with Crippen LogP contribution in [0, 0.1) is 11.8 Å². The molecule has 0 aromatic heterocycles. The van der Waals surface area contributed by atoms with Gasteiger partial charge in [-0.3, -0.25) is 9.59 Å². The lowest BCUT2D eigenvalue weighted by Crippen LogP contribution is -2.40. The van der Waals surface area contributed by atoms with Crippen LogP contribution in [0.3, 0.4) is 0 Å². The zero-order valence-electron chi connectivity index (χ0n) is 10.3. The minimum atomic E-state index is -0.0970. The second-order valence-electron chi connectivity index (χ2n) is 4.55. The molecule has 0 aliphatic carbocycles. The first-order valence-electron chi connectivity index (χ1n) is 5.36. The van der Waals surface area contributed by atoms with E-state index in [1.807, 2.05) is 27.7 Å². The van der Waals surface area contributed by atoms with Gasteiger partial charge in [0.25, 0.3) is 0 Å². The molecule has 0 aliphatic rings. The number of nitrogens with one attached hydrogen (secondary N) is 1. The third-order valence-corrected chi connectivity index (χ3v) is 1.96. The van der Waals surface area contributed by atoms with Crippen molar-refractivity contribution in [3.05, 3.63) is 0 Å². The molecule has 0 fully saturated rings. The lowest BCUT2D eigenvalue weighted by atomic mass is 10.2. The Morgan fingerprint density at radius 2 is 1.73 bits per heavy atom. The van der Waals surface area contributed by atoms with Crippen LogP contribution in [0.25, 0.3) is 0 Å². The number of nitrogens with zero attached hydrogens (tertiary/aromatic N) is 1. The molecular weight excluding hydrogens is 192 g/mol. The van der Waals surface area contributed by atoms with Gasteiger partial charge in [0.1, 0.15) is 0 Å². The van der Waals surface area contributed by atoms with Gasteiger partial charge < -0.3 is 10.2 Å². The largest absolute Gasteiger partial charge is 0.354 e. The molecule has 0 bridgehead atoms. The van der Waals surface area contributed by atoms with Crippen LogP contribution in [0.1, 0.15) is 27.7 Å². The van der Waals surface area contributed by atoms with Crippen molar-refractivity contribution < 1.29 is 9.59 Å². The summed E-state index contributed by atoms with van der Waals surface area (Å²) in [6.45, 7) is 8.51. The first-order chi connectivity index (χ1) is 6.84. The first kappa shape index (κ1) is 13.9. The van der Waals surface area contributed by atoms with Crippen LogP contribution in [0.15, 0.2) is 0 Å². The maximum absolute atomic E-state index is 11.5. The summed E-state index contributed by atoms with van der Waals surface area (Å²) in [4.78, 5) is 24.3. The molecule has 0 rings (SSSR count). The molecule has 15 heavy (non-hydrogen) atoms. The second-order valence-corrected chi connectivity index (χ2v) is 4.55. The quantitative estimate of drug-likeness (QED) is 0.738. The van der Waals surface area contributed by atoms with Gasteiger partial charge in [0.2, 0.25) is 11.8 Å². The smallest absolute Gasteiger partial charge is 0.239 e. The summed E-state index contributed by atoms with van der Waals surface area (Å²) >= 11 is 0. The number of hydrogen-bond donors (Lipinski definition) is 1. The van der Waals surface area contributed by atoms with Crippen LogP contribution >= 0.6 is 0 Å². The van der Waals surface area contributed by atoms with E-state index < -0.39 is 0 Å². The number of rotatable bonds is 5. The van der Waals surface area contributed by atoms with Gasteiger partial charge >= 0.3 is 0 Å². The van der Waals surface area contributed by atoms with Gasteiger partial charge in [-0.25, -0.2) is 0 Å². The van der Waals surface area contributed by atoms with Gasteiger partial charge in [0.15, 0.2) is 0 Å². The van der Waals surface area contributed by atoms with E-state index in [9.17, 15) is 9.59 Å². The van der Waals surface area contributed by atoms with Crippen molar-refractivity contribution in [3.8, 4) is 0 Å². The average molecular weight is 214 g/mol. The molecule has 0 unspecified atom stereocenters. The Bertz CT molecular complexity index is 225. The maximum Gasteiger partial charge on any atom is 0.239 e. The molecule has 0 radical (unpaired) electrons. The van der Waals surface area contributed by atoms with E-state index in [1.54, 1.807) is 7.05 Å². The number of likely N-dealkylation sites (N-methyl/N-ethyl adjacent to an activating group) is 1. The van der Waals surface area contributed by atoms with Gasteiger partial charge in [-0.2, -0.15) is 0 Å². The number of carbonyl (C=O) groups excluding carboxylic acids is 2. The number of amides is 2. The number of carbonyl (C=O) groups is 2. The second kappa shape index (κ2) is 6.43. The summed E-state index contributed by atoms with van der Waals surface area (Å²) in [5, 5.41) is 2.77. The molecule has 0 aromatic rings. The van der Waals surface area contributed by atoms with Crippen molar-refractivity contribution in [2.75, 3.05) is 20.1 Å². The minimum Gasteiger partial charge on any atom is -0.354 e. The fourth-order valence-electron chi connectivity index (χ4n) is 1.11. The highest BCUT2D eigenvalue weighted by Crippen LogP contribution is 1.98. The van der Waals surface area contributed by atoms with Crippen LogP contribution in [0.4, 0.5) is 0 Å². The predicted molar refractivity (Wildman–Crippen MR) is 60.3 cm³/mol. The fourth-order valence-corrected chi connectivity index (χ4v) is 1.11. The molecule has 0 saturated carbocycles. The molecule has 0 heterocycles. The van der Waals surface area contributed by atoms with E-state index >= 15 is 0 Å². The molecule has 0 aromatic carbocycles. The third-order valence-electron chi connectivity index (χ3n) is 1.96. The molecule has 4 nitrogen and oxygen atoms in total. The molecular formula is C11H22N2O2. The Balaban J connectivity index is 3.91. The minimum absolute atomic E-state index is 0.00491. The first-order valence-corrected chi connectivity index (χ1v) is 5.36. The van der Waals surface area contributed by atoms with Gasteiger partial charge in [0.05, 0.1) is 6.54 Å². The highest BCUT2D eigenvalue weighted by molar-refractivity contribution is 5.85.